The van der Waals surface area contributed by atoms with Crippen LogP contribution in [0.25, 0.3) is 0 Å². The van der Waals surface area contributed by atoms with E-state index in [1.165, 1.54) is 36.2 Å². The molecule has 0 aromatic heterocycles. The second-order valence-corrected chi connectivity index (χ2v) is 9.14. The number of hydrogen-bond donors (Lipinski definition) is 0. The lowest BCUT2D eigenvalue weighted by Crippen LogP contribution is -2.40. The zero-order valence-electron chi connectivity index (χ0n) is 15.8. The number of imide groups is 1. The van der Waals surface area contributed by atoms with Crippen LogP contribution in [0.2, 0.25) is 0 Å². The summed E-state index contributed by atoms with van der Waals surface area (Å²) in [5.74, 6) is -2.42. The molecule has 0 spiro atoms. The highest BCUT2D eigenvalue weighted by Crippen LogP contribution is 2.24. The van der Waals surface area contributed by atoms with Gasteiger partial charge in [0, 0.05) is 19.6 Å². The average Bonchev–Trinajstić information content (AvgIpc) is 3.17. The lowest BCUT2D eigenvalue weighted by molar-refractivity contribution is -0.134. The van der Waals surface area contributed by atoms with Gasteiger partial charge in [0.25, 0.3) is 17.7 Å². The molecule has 1 fully saturated rings. The first-order valence-electron chi connectivity index (χ1n) is 8.89. The number of benzene rings is 1. The molecular weight excluding hydrogens is 400 g/mol. The molecule has 1 saturated heterocycles. The van der Waals surface area contributed by atoms with Gasteiger partial charge < -0.3 is 9.64 Å². The standard InChI is InChI=1S/C19H20N2O7S/c1-3-7-21-17(23)14-5-4-12(9-15(14)18(21)24)19(25)28-10-16(22)20(2)13-6-8-29(26,27)11-13/h3-5,9,13H,1,6-8,10-11H2,2H3/t13-/m0/s1. The van der Waals surface area contributed by atoms with Crippen LogP contribution in [0.1, 0.15) is 37.5 Å². The molecular formula is C19H20N2O7S. The van der Waals surface area contributed by atoms with E-state index in [1.54, 1.807) is 0 Å². The fraction of sp³-hybridized carbons (Fsp3) is 0.368. The second-order valence-electron chi connectivity index (χ2n) is 6.91. The summed E-state index contributed by atoms with van der Waals surface area (Å²) in [6.45, 7) is 3.01. The van der Waals surface area contributed by atoms with Gasteiger partial charge in [-0.15, -0.1) is 6.58 Å². The number of likely N-dealkylation sites (N-methyl/N-ethyl adjacent to an activating group) is 1. The van der Waals surface area contributed by atoms with Crippen molar-refractivity contribution in [3.05, 3.63) is 47.5 Å². The summed E-state index contributed by atoms with van der Waals surface area (Å²) in [6.07, 6.45) is 1.77. The number of amides is 3. The van der Waals surface area contributed by atoms with Crippen LogP contribution in [0.15, 0.2) is 30.9 Å². The highest BCUT2D eigenvalue weighted by atomic mass is 32.2. The lowest BCUT2D eigenvalue weighted by atomic mass is 10.1. The molecule has 9 nitrogen and oxygen atoms in total. The summed E-state index contributed by atoms with van der Waals surface area (Å²) in [7, 11) is -1.68. The van der Waals surface area contributed by atoms with Gasteiger partial charge in [0.15, 0.2) is 16.4 Å². The minimum Gasteiger partial charge on any atom is -0.452 e. The Hall–Kier alpha value is -3.01. The van der Waals surface area contributed by atoms with Gasteiger partial charge in [-0.1, -0.05) is 6.08 Å². The molecule has 29 heavy (non-hydrogen) atoms. The van der Waals surface area contributed by atoms with Crippen LogP contribution in [0.3, 0.4) is 0 Å². The monoisotopic (exact) mass is 420 g/mol. The molecule has 10 heteroatoms. The van der Waals surface area contributed by atoms with Crippen molar-refractivity contribution >= 4 is 33.5 Å². The molecule has 0 aliphatic carbocycles. The van der Waals surface area contributed by atoms with Crippen LogP contribution in [0, 0.1) is 0 Å². The van der Waals surface area contributed by atoms with E-state index in [0.29, 0.717) is 6.42 Å². The van der Waals surface area contributed by atoms with Gasteiger partial charge >= 0.3 is 5.97 Å². The van der Waals surface area contributed by atoms with Gasteiger partial charge in [0.2, 0.25) is 0 Å². The minimum atomic E-state index is -3.14. The maximum absolute atomic E-state index is 12.3. The van der Waals surface area contributed by atoms with Crippen molar-refractivity contribution < 1.29 is 32.3 Å². The van der Waals surface area contributed by atoms with Crippen molar-refractivity contribution in [1.82, 2.24) is 9.80 Å². The van der Waals surface area contributed by atoms with Crippen molar-refractivity contribution in [2.24, 2.45) is 0 Å². The third-order valence-electron chi connectivity index (χ3n) is 4.99. The zero-order chi connectivity index (χ0) is 21.3. The fourth-order valence-electron chi connectivity index (χ4n) is 3.31. The molecule has 2 aliphatic rings. The maximum atomic E-state index is 12.3. The van der Waals surface area contributed by atoms with Gasteiger partial charge in [-0.3, -0.25) is 19.3 Å². The Morgan fingerprint density at radius 1 is 1.28 bits per heavy atom. The molecule has 1 atom stereocenters. The third-order valence-corrected chi connectivity index (χ3v) is 6.74. The Balaban J connectivity index is 1.64. The van der Waals surface area contributed by atoms with Gasteiger partial charge in [-0.2, -0.15) is 0 Å². The fourth-order valence-corrected chi connectivity index (χ4v) is 5.08. The Morgan fingerprint density at radius 2 is 1.97 bits per heavy atom. The van der Waals surface area contributed by atoms with Crippen LogP contribution < -0.4 is 0 Å². The van der Waals surface area contributed by atoms with Crippen molar-refractivity contribution in [3.63, 3.8) is 0 Å². The molecule has 0 N–H and O–H groups in total. The molecule has 3 amide bonds. The summed E-state index contributed by atoms with van der Waals surface area (Å²) in [5, 5.41) is 0. The van der Waals surface area contributed by atoms with E-state index in [0.717, 1.165) is 4.90 Å². The molecule has 1 aromatic carbocycles. The number of rotatable bonds is 6. The molecule has 0 radical (unpaired) electrons. The third kappa shape index (κ3) is 4.07. The number of nitrogens with zero attached hydrogens (tertiary/aromatic N) is 2. The largest absolute Gasteiger partial charge is 0.452 e. The summed E-state index contributed by atoms with van der Waals surface area (Å²) in [6, 6.07) is 3.54. The first-order valence-corrected chi connectivity index (χ1v) is 10.7. The van der Waals surface area contributed by atoms with E-state index in [1.807, 2.05) is 0 Å². The zero-order valence-corrected chi connectivity index (χ0v) is 16.6. The van der Waals surface area contributed by atoms with E-state index in [-0.39, 0.29) is 34.7 Å². The van der Waals surface area contributed by atoms with E-state index in [9.17, 15) is 27.6 Å². The van der Waals surface area contributed by atoms with Crippen molar-refractivity contribution in [2.75, 3.05) is 31.7 Å². The normalized spacial score (nSPS) is 19.8. The number of fused-ring (bicyclic) bond motifs is 1. The Bertz CT molecular complexity index is 1020. The van der Waals surface area contributed by atoms with Crippen LogP contribution in [0.5, 0.6) is 0 Å². The molecule has 2 heterocycles. The summed E-state index contributed by atoms with van der Waals surface area (Å²) in [4.78, 5) is 51.3. The molecule has 154 valence electrons. The SMILES string of the molecule is C=CCN1C(=O)c2ccc(C(=O)OCC(=O)N(C)[C@H]3CCS(=O)(=O)C3)cc2C1=O. The highest BCUT2D eigenvalue weighted by Gasteiger charge is 2.36. The summed E-state index contributed by atoms with van der Waals surface area (Å²) < 4.78 is 28.1. The number of hydrogen-bond acceptors (Lipinski definition) is 7. The minimum absolute atomic E-state index is 0.0276. The number of sulfone groups is 1. The predicted octanol–water partition coefficient (Wildman–Crippen LogP) is 0.271. The molecule has 0 saturated carbocycles. The number of carbonyl (C=O) groups is 4. The number of esters is 1. The van der Waals surface area contributed by atoms with Crippen molar-refractivity contribution in [3.8, 4) is 0 Å². The quantitative estimate of drug-likeness (QED) is 0.368. The van der Waals surface area contributed by atoms with E-state index in [2.05, 4.69) is 6.58 Å². The lowest BCUT2D eigenvalue weighted by Gasteiger charge is -2.23. The average molecular weight is 420 g/mol. The first kappa shape index (κ1) is 20.7. The van der Waals surface area contributed by atoms with Crippen LogP contribution >= 0.6 is 0 Å². The molecule has 1 aromatic rings. The predicted molar refractivity (Wildman–Crippen MR) is 102 cm³/mol. The van der Waals surface area contributed by atoms with Gasteiger partial charge in [-0.05, 0) is 24.6 Å². The smallest absolute Gasteiger partial charge is 0.338 e. The summed E-state index contributed by atoms with van der Waals surface area (Å²) in [5.41, 5.74) is 0.307. The molecule has 0 unspecified atom stereocenters. The number of carbonyl (C=O) groups excluding carboxylic acids is 4. The van der Waals surface area contributed by atoms with Gasteiger partial charge in [0.1, 0.15) is 0 Å². The van der Waals surface area contributed by atoms with Crippen molar-refractivity contribution in [1.29, 1.82) is 0 Å². The first-order chi connectivity index (χ1) is 13.6. The Morgan fingerprint density at radius 3 is 2.59 bits per heavy atom. The number of ether oxygens (including phenoxy) is 1. The van der Waals surface area contributed by atoms with E-state index in [4.69, 9.17) is 4.74 Å². The van der Waals surface area contributed by atoms with Crippen LogP contribution in [-0.2, 0) is 19.4 Å². The molecule has 0 bridgehead atoms. The Labute approximate surface area is 167 Å². The highest BCUT2D eigenvalue weighted by molar-refractivity contribution is 7.91. The summed E-state index contributed by atoms with van der Waals surface area (Å²) >= 11 is 0. The maximum Gasteiger partial charge on any atom is 0.338 e. The van der Waals surface area contributed by atoms with E-state index >= 15 is 0 Å². The van der Waals surface area contributed by atoms with Gasteiger partial charge in [-0.25, -0.2) is 13.2 Å². The topological polar surface area (TPSA) is 118 Å². The second kappa shape index (κ2) is 7.78. The van der Waals surface area contributed by atoms with Crippen molar-refractivity contribution in [2.45, 2.75) is 12.5 Å². The molecule has 2 aliphatic heterocycles. The van der Waals surface area contributed by atoms with Crippen LogP contribution in [-0.4, -0.2) is 79.7 Å². The Kier molecular flexibility index (Phi) is 5.56. The molecule has 3 rings (SSSR count). The van der Waals surface area contributed by atoms with Crippen LogP contribution in [0.4, 0.5) is 0 Å². The van der Waals surface area contributed by atoms with Gasteiger partial charge in [0.05, 0.1) is 28.2 Å². The van der Waals surface area contributed by atoms with E-state index < -0.39 is 46.2 Å².